The van der Waals surface area contributed by atoms with Crippen molar-refractivity contribution in [3.05, 3.63) is 45.6 Å². The van der Waals surface area contributed by atoms with Gasteiger partial charge in [-0.15, -0.1) is 11.3 Å². The van der Waals surface area contributed by atoms with Gasteiger partial charge in [0.25, 0.3) is 0 Å². The zero-order valence-corrected chi connectivity index (χ0v) is 17.1. The number of Topliss-reactive ketones (excluding diaryl/α,β-unsaturated/α-hetero) is 1. The number of aryl methyl sites for hydroxylation is 2. The van der Waals surface area contributed by atoms with Crippen molar-refractivity contribution in [1.29, 1.82) is 0 Å². The molecule has 1 saturated carbocycles. The Morgan fingerprint density at radius 3 is 2.68 bits per heavy atom. The van der Waals surface area contributed by atoms with Gasteiger partial charge in [-0.2, -0.15) is 0 Å². The molecule has 1 heterocycles. The molecule has 4 atom stereocenters. The Morgan fingerprint density at radius 1 is 1.18 bits per heavy atom. The van der Waals surface area contributed by atoms with E-state index in [0.717, 1.165) is 42.7 Å². The summed E-state index contributed by atoms with van der Waals surface area (Å²) in [5.41, 5.74) is 0.910. The molecule has 6 heteroatoms. The molecule has 0 aliphatic heterocycles. The van der Waals surface area contributed by atoms with Crippen molar-refractivity contribution < 1.29 is 19.4 Å². The van der Waals surface area contributed by atoms with Crippen LogP contribution in [0.1, 0.15) is 39.4 Å². The van der Waals surface area contributed by atoms with E-state index >= 15 is 0 Å². The SMILES string of the molecule is COc1ccc(O[C@@H]2CC[C@@H](NCC3CCc4sc(C)cc4C3=O)[C@H]2O)cc1. The van der Waals surface area contributed by atoms with Gasteiger partial charge < -0.3 is 19.9 Å². The number of thiophene rings is 1. The largest absolute Gasteiger partial charge is 0.497 e. The maximum atomic E-state index is 12.7. The molecular weight excluding hydrogens is 374 g/mol. The zero-order chi connectivity index (χ0) is 19.7. The first kappa shape index (κ1) is 19.4. The Morgan fingerprint density at radius 2 is 1.93 bits per heavy atom. The number of rotatable bonds is 6. The maximum absolute atomic E-state index is 12.7. The second-order valence-electron chi connectivity index (χ2n) is 7.71. The summed E-state index contributed by atoms with van der Waals surface area (Å²) in [7, 11) is 1.63. The summed E-state index contributed by atoms with van der Waals surface area (Å²) >= 11 is 1.74. The summed E-state index contributed by atoms with van der Waals surface area (Å²) in [4.78, 5) is 15.2. The Labute approximate surface area is 169 Å². The third-order valence-electron chi connectivity index (χ3n) is 5.82. The molecule has 0 saturated heterocycles. The standard InChI is InChI=1S/C22H27NO4S/c1-13-11-17-20(28-13)10-3-14(21(17)24)12-23-18-8-9-19(22(18)25)27-16-6-4-15(26-2)5-7-16/h4-7,11,14,18-19,22-23,25H,3,8-10,12H2,1-2H3/t14?,18-,19-,22-/m1/s1. The lowest BCUT2D eigenvalue weighted by atomic mass is 9.87. The second-order valence-corrected chi connectivity index (χ2v) is 9.05. The van der Waals surface area contributed by atoms with Gasteiger partial charge in [0, 0.05) is 33.8 Å². The van der Waals surface area contributed by atoms with Gasteiger partial charge in [-0.25, -0.2) is 0 Å². The van der Waals surface area contributed by atoms with Crippen molar-refractivity contribution >= 4 is 17.1 Å². The van der Waals surface area contributed by atoms with Crippen LogP contribution in [0, 0.1) is 12.8 Å². The molecule has 1 unspecified atom stereocenters. The van der Waals surface area contributed by atoms with Gasteiger partial charge >= 0.3 is 0 Å². The fraction of sp³-hybridized carbons (Fsp3) is 0.500. The predicted molar refractivity (Wildman–Crippen MR) is 110 cm³/mol. The fourth-order valence-electron chi connectivity index (χ4n) is 4.23. The summed E-state index contributed by atoms with van der Waals surface area (Å²) in [5, 5.41) is 14.1. The molecule has 2 N–H and O–H groups in total. The van der Waals surface area contributed by atoms with E-state index in [2.05, 4.69) is 12.2 Å². The van der Waals surface area contributed by atoms with Crippen LogP contribution in [0.25, 0.3) is 0 Å². The van der Waals surface area contributed by atoms with E-state index in [1.165, 1.54) is 9.75 Å². The zero-order valence-electron chi connectivity index (χ0n) is 16.3. The molecular formula is C22H27NO4S. The minimum absolute atomic E-state index is 0.00439. The van der Waals surface area contributed by atoms with Crippen molar-refractivity contribution in [2.45, 2.75) is 50.9 Å². The van der Waals surface area contributed by atoms with Crippen molar-refractivity contribution in [3.8, 4) is 11.5 Å². The molecule has 1 aromatic carbocycles. The number of hydrogen-bond donors (Lipinski definition) is 2. The van der Waals surface area contributed by atoms with Gasteiger partial charge in [-0.3, -0.25) is 4.79 Å². The van der Waals surface area contributed by atoms with Gasteiger partial charge in [-0.1, -0.05) is 0 Å². The minimum atomic E-state index is -0.584. The van der Waals surface area contributed by atoms with E-state index in [1.54, 1.807) is 18.4 Å². The summed E-state index contributed by atoms with van der Waals surface area (Å²) in [6.45, 7) is 2.67. The second kappa shape index (κ2) is 8.23. The predicted octanol–water partition coefficient (Wildman–Crippen LogP) is 3.37. The first-order chi connectivity index (χ1) is 13.5. The lowest BCUT2D eigenvalue weighted by Gasteiger charge is -2.25. The van der Waals surface area contributed by atoms with E-state index in [4.69, 9.17) is 9.47 Å². The molecule has 2 aliphatic carbocycles. The summed E-state index contributed by atoms with van der Waals surface area (Å²) in [6.07, 6.45) is 2.66. The molecule has 0 amide bonds. The quantitative estimate of drug-likeness (QED) is 0.777. The van der Waals surface area contributed by atoms with Crippen LogP contribution in [-0.2, 0) is 6.42 Å². The van der Waals surface area contributed by atoms with Crippen LogP contribution in [-0.4, -0.2) is 42.8 Å². The van der Waals surface area contributed by atoms with Crippen molar-refractivity contribution in [2.75, 3.05) is 13.7 Å². The highest BCUT2D eigenvalue weighted by atomic mass is 32.1. The number of fused-ring (bicyclic) bond motifs is 1. The van der Waals surface area contributed by atoms with Crippen LogP contribution < -0.4 is 14.8 Å². The van der Waals surface area contributed by atoms with E-state index < -0.39 is 6.10 Å². The molecule has 1 fully saturated rings. The molecule has 150 valence electrons. The monoisotopic (exact) mass is 401 g/mol. The number of methoxy groups -OCH3 is 1. The van der Waals surface area contributed by atoms with E-state index in [0.29, 0.717) is 6.54 Å². The van der Waals surface area contributed by atoms with Gasteiger partial charge in [0.15, 0.2) is 5.78 Å². The normalized spacial score (nSPS) is 26.9. The minimum Gasteiger partial charge on any atom is -0.497 e. The fourth-order valence-corrected chi connectivity index (χ4v) is 5.28. The summed E-state index contributed by atoms with van der Waals surface area (Å²) in [5.74, 6) is 1.75. The molecule has 0 spiro atoms. The first-order valence-electron chi connectivity index (χ1n) is 9.91. The van der Waals surface area contributed by atoms with Crippen LogP contribution in [0.3, 0.4) is 0 Å². The molecule has 0 bridgehead atoms. The third kappa shape index (κ3) is 3.95. The lowest BCUT2D eigenvalue weighted by molar-refractivity contribution is 0.0441. The highest BCUT2D eigenvalue weighted by Gasteiger charge is 2.37. The van der Waals surface area contributed by atoms with Gasteiger partial charge in [-0.05, 0) is 62.9 Å². The van der Waals surface area contributed by atoms with Crippen molar-refractivity contribution in [1.82, 2.24) is 5.32 Å². The Hall–Kier alpha value is -1.89. The summed E-state index contributed by atoms with van der Waals surface area (Å²) in [6, 6.07) is 9.39. The van der Waals surface area contributed by atoms with Crippen LogP contribution >= 0.6 is 11.3 Å². The average Bonchev–Trinajstić information content (AvgIpc) is 3.25. The maximum Gasteiger partial charge on any atom is 0.168 e. The van der Waals surface area contributed by atoms with Crippen LogP contribution in [0.4, 0.5) is 0 Å². The van der Waals surface area contributed by atoms with E-state index in [-0.39, 0.29) is 23.8 Å². The summed E-state index contributed by atoms with van der Waals surface area (Å²) < 4.78 is 11.1. The van der Waals surface area contributed by atoms with Crippen molar-refractivity contribution in [3.63, 3.8) is 0 Å². The van der Waals surface area contributed by atoms with Gasteiger partial charge in [0.2, 0.25) is 0 Å². The first-order valence-corrected chi connectivity index (χ1v) is 10.7. The highest BCUT2D eigenvalue weighted by Crippen LogP contribution is 2.32. The highest BCUT2D eigenvalue weighted by molar-refractivity contribution is 7.12. The molecule has 5 nitrogen and oxygen atoms in total. The topological polar surface area (TPSA) is 67.8 Å². The number of hydrogen-bond acceptors (Lipinski definition) is 6. The number of carbonyl (C=O) groups is 1. The van der Waals surface area contributed by atoms with E-state index in [1.807, 2.05) is 30.3 Å². The molecule has 4 rings (SSSR count). The molecule has 2 aromatic rings. The Kier molecular flexibility index (Phi) is 5.71. The lowest BCUT2D eigenvalue weighted by Crippen LogP contribution is -2.44. The smallest absolute Gasteiger partial charge is 0.168 e. The van der Waals surface area contributed by atoms with Crippen LogP contribution in [0.15, 0.2) is 30.3 Å². The molecule has 2 aliphatic rings. The Bertz CT molecular complexity index is 832. The Balaban J connectivity index is 1.30. The molecule has 1 aromatic heterocycles. The molecule has 28 heavy (non-hydrogen) atoms. The molecule has 0 radical (unpaired) electrons. The van der Waals surface area contributed by atoms with Crippen LogP contribution in [0.2, 0.25) is 0 Å². The number of ether oxygens (including phenoxy) is 2. The van der Waals surface area contributed by atoms with E-state index in [9.17, 15) is 9.90 Å². The number of ketones is 1. The number of carbonyl (C=O) groups excluding carboxylic acids is 1. The average molecular weight is 402 g/mol. The van der Waals surface area contributed by atoms with Gasteiger partial charge in [0.1, 0.15) is 23.7 Å². The number of nitrogens with one attached hydrogen (secondary N) is 1. The third-order valence-corrected chi connectivity index (χ3v) is 6.93. The number of benzene rings is 1. The van der Waals surface area contributed by atoms with Crippen LogP contribution in [0.5, 0.6) is 11.5 Å². The van der Waals surface area contributed by atoms with Crippen molar-refractivity contribution in [2.24, 2.45) is 5.92 Å². The number of aliphatic hydroxyl groups excluding tert-OH is 1. The number of aliphatic hydroxyl groups is 1. The van der Waals surface area contributed by atoms with Gasteiger partial charge in [0.05, 0.1) is 7.11 Å².